The Morgan fingerprint density at radius 2 is 2.04 bits per heavy atom. The van der Waals surface area contributed by atoms with E-state index in [9.17, 15) is 13.6 Å². The highest BCUT2D eigenvalue weighted by molar-refractivity contribution is 8.02. The highest BCUT2D eigenvalue weighted by Crippen LogP contribution is 2.39. The van der Waals surface area contributed by atoms with Gasteiger partial charge in [0.25, 0.3) is 6.43 Å². The molecule has 0 saturated carbocycles. The van der Waals surface area contributed by atoms with Crippen LogP contribution in [-0.4, -0.2) is 22.5 Å². The van der Waals surface area contributed by atoms with Gasteiger partial charge in [0.1, 0.15) is 10.6 Å². The van der Waals surface area contributed by atoms with Gasteiger partial charge in [-0.1, -0.05) is 17.4 Å². The quantitative estimate of drug-likeness (QED) is 0.555. The largest absolute Gasteiger partial charge is 0.462 e. The molecule has 0 bridgehead atoms. The molecule has 2 aromatic heterocycles. The predicted molar refractivity (Wildman–Crippen MR) is 91.5 cm³/mol. The molecule has 3 rings (SSSR count). The fraction of sp³-hybridized carbons (Fsp3) is 0.267. The molecule has 0 aliphatic heterocycles. The zero-order valence-electron chi connectivity index (χ0n) is 12.7. The zero-order valence-corrected chi connectivity index (χ0v) is 15.2. The Morgan fingerprint density at radius 1 is 1.29 bits per heavy atom. The van der Waals surface area contributed by atoms with Gasteiger partial charge >= 0.3 is 5.97 Å². The van der Waals surface area contributed by atoms with Crippen LogP contribution in [0.4, 0.5) is 8.78 Å². The molecule has 0 radical (unpaired) electrons. The number of ether oxygens (including phenoxy) is 1. The number of thiazole rings is 2. The van der Waals surface area contributed by atoms with Crippen molar-refractivity contribution in [3.8, 4) is 0 Å². The number of rotatable bonds is 5. The lowest BCUT2D eigenvalue weighted by atomic mass is 10.2. The van der Waals surface area contributed by atoms with E-state index in [0.717, 1.165) is 27.1 Å². The van der Waals surface area contributed by atoms with Crippen molar-refractivity contribution in [3.05, 3.63) is 34.3 Å². The molecule has 0 saturated heterocycles. The third-order valence-corrected chi connectivity index (χ3v) is 6.21. The average molecular weight is 386 g/mol. The van der Waals surface area contributed by atoms with Crippen molar-refractivity contribution in [3.63, 3.8) is 0 Å². The molecule has 0 unspecified atom stereocenters. The summed E-state index contributed by atoms with van der Waals surface area (Å²) in [5.74, 6) is -0.767. The fourth-order valence-electron chi connectivity index (χ4n) is 1.98. The molecule has 9 heteroatoms. The maximum Gasteiger partial charge on any atom is 0.350 e. The van der Waals surface area contributed by atoms with Crippen molar-refractivity contribution >= 4 is 50.6 Å². The van der Waals surface area contributed by atoms with Gasteiger partial charge in [-0.05, 0) is 43.3 Å². The molecule has 0 amide bonds. The van der Waals surface area contributed by atoms with Gasteiger partial charge in [0.05, 0.1) is 16.8 Å². The maximum atomic E-state index is 13.1. The molecular weight excluding hydrogens is 374 g/mol. The lowest BCUT2D eigenvalue weighted by Gasteiger charge is -2.00. The van der Waals surface area contributed by atoms with Gasteiger partial charge < -0.3 is 4.74 Å². The van der Waals surface area contributed by atoms with Crippen molar-refractivity contribution < 1.29 is 18.3 Å². The molecule has 0 spiro atoms. The van der Waals surface area contributed by atoms with Crippen LogP contribution in [0.1, 0.15) is 34.3 Å². The second-order valence-corrected chi connectivity index (χ2v) is 8.29. The monoisotopic (exact) mass is 386 g/mol. The SMILES string of the molecule is CCOC(=O)c1sc(Sc2nc3cc(C)ccc3s2)nc1C(F)F. The van der Waals surface area contributed by atoms with E-state index in [1.165, 1.54) is 23.1 Å². The van der Waals surface area contributed by atoms with Crippen LogP contribution in [0.3, 0.4) is 0 Å². The Morgan fingerprint density at radius 3 is 2.75 bits per heavy atom. The van der Waals surface area contributed by atoms with Crippen LogP contribution in [0.15, 0.2) is 26.9 Å². The van der Waals surface area contributed by atoms with Crippen molar-refractivity contribution in [1.29, 1.82) is 0 Å². The first-order valence-corrected chi connectivity index (χ1v) is 9.44. The van der Waals surface area contributed by atoms with Crippen LogP contribution in [-0.2, 0) is 4.74 Å². The molecule has 0 aliphatic carbocycles. The number of nitrogens with zero attached hydrogens (tertiary/aromatic N) is 2. The summed E-state index contributed by atoms with van der Waals surface area (Å²) < 4.78 is 33.1. The van der Waals surface area contributed by atoms with Crippen LogP contribution in [0.2, 0.25) is 0 Å². The number of aryl methyl sites for hydroxylation is 1. The van der Waals surface area contributed by atoms with Crippen LogP contribution in [0.25, 0.3) is 10.2 Å². The summed E-state index contributed by atoms with van der Waals surface area (Å²) in [4.78, 5) is 20.0. The smallest absolute Gasteiger partial charge is 0.350 e. The first-order chi connectivity index (χ1) is 11.5. The Labute approximate surface area is 148 Å². The number of carbonyl (C=O) groups is 1. The van der Waals surface area contributed by atoms with Crippen molar-refractivity contribution in [2.24, 2.45) is 0 Å². The second-order valence-electron chi connectivity index (χ2n) is 4.77. The summed E-state index contributed by atoms with van der Waals surface area (Å²) >= 11 is 3.55. The standard InChI is InChI=1S/C15H12F2N2O2S3/c1-3-21-13(20)11-10(12(16)17)19-15(23-11)24-14-18-8-6-7(2)4-5-9(8)22-14/h4-6,12H,3H2,1-2H3. The summed E-state index contributed by atoms with van der Waals surface area (Å²) in [5, 5.41) is 0. The number of halogens is 2. The first kappa shape index (κ1) is 17.2. The molecule has 126 valence electrons. The van der Waals surface area contributed by atoms with E-state index in [1.807, 2.05) is 25.1 Å². The zero-order chi connectivity index (χ0) is 17.3. The molecule has 24 heavy (non-hydrogen) atoms. The van der Waals surface area contributed by atoms with Crippen LogP contribution >= 0.6 is 34.4 Å². The van der Waals surface area contributed by atoms with Gasteiger partial charge in [-0.15, -0.1) is 11.3 Å². The van der Waals surface area contributed by atoms with E-state index in [0.29, 0.717) is 8.68 Å². The normalized spacial score (nSPS) is 11.4. The molecule has 2 heterocycles. The van der Waals surface area contributed by atoms with Crippen LogP contribution in [0, 0.1) is 6.92 Å². The molecule has 0 fully saturated rings. The molecule has 0 N–H and O–H groups in total. The summed E-state index contributed by atoms with van der Waals surface area (Å²) in [6.45, 7) is 3.73. The molecule has 4 nitrogen and oxygen atoms in total. The molecule has 0 aliphatic rings. The number of esters is 1. The number of aromatic nitrogens is 2. The van der Waals surface area contributed by atoms with Gasteiger partial charge in [0, 0.05) is 0 Å². The Kier molecular flexibility index (Phi) is 5.12. The van der Waals surface area contributed by atoms with Crippen LogP contribution in [0.5, 0.6) is 0 Å². The lowest BCUT2D eigenvalue weighted by molar-refractivity contribution is 0.0520. The third-order valence-electron chi connectivity index (χ3n) is 3.00. The number of fused-ring (bicyclic) bond motifs is 1. The summed E-state index contributed by atoms with van der Waals surface area (Å²) in [6.07, 6.45) is -2.83. The van der Waals surface area contributed by atoms with E-state index in [-0.39, 0.29) is 11.5 Å². The topological polar surface area (TPSA) is 52.1 Å². The molecule has 3 aromatic rings. The molecule has 1 aromatic carbocycles. The van der Waals surface area contributed by atoms with Gasteiger partial charge in [0.15, 0.2) is 8.68 Å². The van der Waals surface area contributed by atoms with Crippen molar-refractivity contribution in [1.82, 2.24) is 9.97 Å². The van der Waals surface area contributed by atoms with Gasteiger partial charge in [-0.3, -0.25) is 0 Å². The Hall–Kier alpha value is -1.58. The second kappa shape index (κ2) is 7.12. The van der Waals surface area contributed by atoms with E-state index in [2.05, 4.69) is 9.97 Å². The van der Waals surface area contributed by atoms with E-state index >= 15 is 0 Å². The summed E-state index contributed by atoms with van der Waals surface area (Å²) in [5.41, 5.74) is 1.43. The van der Waals surface area contributed by atoms with E-state index in [4.69, 9.17) is 4.74 Å². The Bertz CT molecular complexity index is 892. The minimum atomic E-state index is -2.83. The van der Waals surface area contributed by atoms with Gasteiger partial charge in [0.2, 0.25) is 0 Å². The van der Waals surface area contributed by atoms with Crippen LogP contribution < -0.4 is 0 Å². The highest BCUT2D eigenvalue weighted by atomic mass is 32.2. The predicted octanol–water partition coefficient (Wildman–Crippen LogP) is 5.33. The highest BCUT2D eigenvalue weighted by Gasteiger charge is 2.26. The van der Waals surface area contributed by atoms with Crippen molar-refractivity contribution in [2.75, 3.05) is 6.61 Å². The number of alkyl halides is 2. The van der Waals surface area contributed by atoms with E-state index < -0.39 is 18.1 Å². The number of benzene rings is 1. The maximum absolute atomic E-state index is 13.1. The molecular formula is C15H12F2N2O2S3. The average Bonchev–Trinajstić information content (AvgIpc) is 3.11. The Balaban J connectivity index is 1.91. The minimum Gasteiger partial charge on any atom is -0.462 e. The minimum absolute atomic E-state index is 0.124. The lowest BCUT2D eigenvalue weighted by Crippen LogP contribution is -2.05. The summed E-state index contributed by atoms with van der Waals surface area (Å²) in [6, 6.07) is 5.93. The number of hydrogen-bond donors (Lipinski definition) is 0. The number of hydrogen-bond acceptors (Lipinski definition) is 7. The number of carbonyl (C=O) groups excluding carboxylic acids is 1. The molecule has 0 atom stereocenters. The van der Waals surface area contributed by atoms with Gasteiger partial charge in [-0.2, -0.15) is 0 Å². The summed E-state index contributed by atoms with van der Waals surface area (Å²) in [7, 11) is 0. The van der Waals surface area contributed by atoms with Gasteiger partial charge in [-0.25, -0.2) is 23.5 Å². The first-order valence-electron chi connectivity index (χ1n) is 6.99. The third kappa shape index (κ3) is 3.57. The fourth-order valence-corrected chi connectivity index (χ4v) is 5.28. The van der Waals surface area contributed by atoms with E-state index in [1.54, 1.807) is 6.92 Å². The van der Waals surface area contributed by atoms with Crippen molar-refractivity contribution in [2.45, 2.75) is 29.0 Å².